The van der Waals surface area contributed by atoms with Crippen molar-refractivity contribution < 1.29 is 19.1 Å². The van der Waals surface area contributed by atoms with Crippen molar-refractivity contribution in [2.24, 2.45) is 7.05 Å². The molecule has 0 unspecified atom stereocenters. The van der Waals surface area contributed by atoms with Gasteiger partial charge in [0.15, 0.2) is 5.16 Å². The lowest BCUT2D eigenvalue weighted by Gasteiger charge is -2.16. The van der Waals surface area contributed by atoms with Crippen LogP contribution in [0, 0.1) is 0 Å². The van der Waals surface area contributed by atoms with Gasteiger partial charge in [0.1, 0.15) is 5.75 Å². The first-order valence-electron chi connectivity index (χ1n) is 11.1. The second-order valence-electron chi connectivity index (χ2n) is 8.18. The highest BCUT2D eigenvalue weighted by molar-refractivity contribution is 7.99. The molecule has 8 nitrogen and oxygen atoms in total. The SMILES string of the molecule is COc1ccc(CN2C(=O)c3ccccc3C2=O)cc1C(=O)Nc1ccc(Sc2nccn2C)cc1. The van der Waals surface area contributed by atoms with Crippen LogP contribution in [0.25, 0.3) is 0 Å². The first-order chi connectivity index (χ1) is 17.4. The van der Waals surface area contributed by atoms with Crippen LogP contribution in [0.1, 0.15) is 36.6 Å². The highest BCUT2D eigenvalue weighted by Gasteiger charge is 2.35. The number of hydrogen-bond acceptors (Lipinski definition) is 6. The number of hydrogen-bond donors (Lipinski definition) is 1. The zero-order valence-corrected chi connectivity index (χ0v) is 20.4. The summed E-state index contributed by atoms with van der Waals surface area (Å²) < 4.78 is 7.32. The number of carbonyl (C=O) groups is 3. The normalized spacial score (nSPS) is 12.6. The highest BCUT2D eigenvalue weighted by atomic mass is 32.2. The van der Waals surface area contributed by atoms with Gasteiger partial charge in [-0.05, 0) is 54.1 Å². The van der Waals surface area contributed by atoms with Crippen LogP contribution in [-0.2, 0) is 13.6 Å². The van der Waals surface area contributed by atoms with Gasteiger partial charge < -0.3 is 14.6 Å². The van der Waals surface area contributed by atoms with Crippen LogP contribution < -0.4 is 10.1 Å². The minimum atomic E-state index is -0.361. The number of imidazole rings is 1. The minimum absolute atomic E-state index is 0.0513. The number of benzene rings is 3. The van der Waals surface area contributed by atoms with Crippen LogP contribution in [0.15, 0.2) is 89.2 Å². The van der Waals surface area contributed by atoms with E-state index in [-0.39, 0.29) is 24.3 Å². The lowest BCUT2D eigenvalue weighted by atomic mass is 10.1. The number of rotatable bonds is 7. The maximum atomic E-state index is 13.1. The number of fused-ring (bicyclic) bond motifs is 1. The van der Waals surface area contributed by atoms with Crippen LogP contribution in [0.5, 0.6) is 5.75 Å². The molecule has 36 heavy (non-hydrogen) atoms. The molecule has 180 valence electrons. The Balaban J connectivity index is 1.31. The van der Waals surface area contributed by atoms with Crippen LogP contribution in [0.4, 0.5) is 5.69 Å². The predicted molar refractivity (Wildman–Crippen MR) is 135 cm³/mol. The van der Waals surface area contributed by atoms with E-state index >= 15 is 0 Å². The molecule has 2 heterocycles. The van der Waals surface area contributed by atoms with E-state index in [1.54, 1.807) is 48.7 Å². The summed E-state index contributed by atoms with van der Waals surface area (Å²) in [6.07, 6.45) is 3.62. The van der Waals surface area contributed by atoms with Gasteiger partial charge in [0.2, 0.25) is 0 Å². The summed E-state index contributed by atoms with van der Waals surface area (Å²) in [4.78, 5) is 45.1. The third-order valence-electron chi connectivity index (χ3n) is 5.83. The number of amides is 3. The van der Waals surface area contributed by atoms with Gasteiger partial charge in [-0.1, -0.05) is 30.0 Å². The molecule has 0 bridgehead atoms. The number of nitrogens with zero attached hydrogens (tertiary/aromatic N) is 3. The minimum Gasteiger partial charge on any atom is -0.496 e. The molecule has 9 heteroatoms. The Bertz CT molecular complexity index is 1440. The molecule has 3 aromatic carbocycles. The average Bonchev–Trinajstić information content (AvgIpc) is 3.41. The molecular formula is C27H22N4O4S. The van der Waals surface area contributed by atoms with Crippen molar-refractivity contribution in [3.8, 4) is 5.75 Å². The third kappa shape index (κ3) is 4.48. The fraction of sp³-hybridized carbons (Fsp3) is 0.111. The van der Waals surface area contributed by atoms with Crippen LogP contribution in [0.2, 0.25) is 0 Å². The lowest BCUT2D eigenvalue weighted by molar-refractivity contribution is 0.0642. The molecule has 4 aromatic rings. The molecule has 1 aromatic heterocycles. The summed E-state index contributed by atoms with van der Waals surface area (Å²) in [6, 6.07) is 19.2. The summed E-state index contributed by atoms with van der Waals surface area (Å²) in [5.74, 6) is -0.664. The first-order valence-corrected chi connectivity index (χ1v) is 11.9. The van der Waals surface area contributed by atoms with E-state index in [9.17, 15) is 14.4 Å². The Kier molecular flexibility index (Phi) is 6.30. The van der Waals surface area contributed by atoms with E-state index in [0.717, 1.165) is 10.1 Å². The van der Waals surface area contributed by atoms with Gasteiger partial charge in [0, 0.05) is 30.0 Å². The van der Waals surface area contributed by atoms with E-state index in [0.29, 0.717) is 33.7 Å². The third-order valence-corrected chi connectivity index (χ3v) is 6.91. The number of carbonyl (C=O) groups excluding carboxylic acids is 3. The van der Waals surface area contributed by atoms with Gasteiger partial charge in [-0.15, -0.1) is 0 Å². The van der Waals surface area contributed by atoms with E-state index in [2.05, 4.69) is 10.3 Å². The number of ether oxygens (including phenoxy) is 1. The topological polar surface area (TPSA) is 93.5 Å². The molecule has 1 aliphatic heterocycles. The molecule has 1 aliphatic rings. The van der Waals surface area contributed by atoms with Crippen molar-refractivity contribution in [2.75, 3.05) is 12.4 Å². The molecule has 0 atom stereocenters. The Labute approximate surface area is 211 Å². The molecule has 0 saturated carbocycles. The van der Waals surface area contributed by atoms with Gasteiger partial charge in [0.05, 0.1) is 30.3 Å². The number of imide groups is 1. The fourth-order valence-electron chi connectivity index (χ4n) is 3.96. The van der Waals surface area contributed by atoms with Gasteiger partial charge in [0.25, 0.3) is 17.7 Å². The van der Waals surface area contributed by atoms with E-state index in [4.69, 9.17) is 4.74 Å². The van der Waals surface area contributed by atoms with Crippen molar-refractivity contribution >= 4 is 35.2 Å². The van der Waals surface area contributed by atoms with Crippen molar-refractivity contribution in [3.63, 3.8) is 0 Å². The second-order valence-corrected chi connectivity index (χ2v) is 9.22. The van der Waals surface area contributed by atoms with Crippen molar-refractivity contribution in [3.05, 3.63) is 101 Å². The van der Waals surface area contributed by atoms with Crippen LogP contribution >= 0.6 is 11.8 Å². The predicted octanol–water partition coefficient (Wildman–Crippen LogP) is 4.63. The molecule has 0 radical (unpaired) electrons. The quantitative estimate of drug-likeness (QED) is 0.374. The van der Waals surface area contributed by atoms with E-state index < -0.39 is 0 Å². The largest absolute Gasteiger partial charge is 0.496 e. The summed E-state index contributed by atoms with van der Waals surface area (Å²) in [5.41, 5.74) is 2.34. The fourth-order valence-corrected chi connectivity index (χ4v) is 4.76. The lowest BCUT2D eigenvalue weighted by Crippen LogP contribution is -2.29. The zero-order valence-electron chi connectivity index (χ0n) is 19.6. The molecule has 5 rings (SSSR count). The summed E-state index contributed by atoms with van der Waals surface area (Å²) in [6.45, 7) is 0.0513. The number of anilines is 1. The Morgan fingerprint density at radius 3 is 2.31 bits per heavy atom. The second kappa shape index (κ2) is 9.71. The summed E-state index contributed by atoms with van der Waals surface area (Å²) >= 11 is 1.52. The zero-order chi connectivity index (χ0) is 25.2. The van der Waals surface area contributed by atoms with Gasteiger partial charge >= 0.3 is 0 Å². The van der Waals surface area contributed by atoms with Crippen molar-refractivity contribution in [1.82, 2.24) is 14.5 Å². The first kappa shape index (κ1) is 23.4. The Hall–Kier alpha value is -4.37. The number of nitrogens with one attached hydrogen (secondary N) is 1. The van der Waals surface area contributed by atoms with E-state index in [1.165, 1.54) is 23.8 Å². The van der Waals surface area contributed by atoms with Crippen molar-refractivity contribution in [2.45, 2.75) is 16.6 Å². The maximum absolute atomic E-state index is 13.1. The summed E-state index contributed by atoms with van der Waals surface area (Å²) in [7, 11) is 3.42. The Morgan fingerprint density at radius 2 is 1.69 bits per heavy atom. The monoisotopic (exact) mass is 498 g/mol. The smallest absolute Gasteiger partial charge is 0.261 e. The average molecular weight is 499 g/mol. The molecule has 0 aliphatic carbocycles. The molecule has 3 amide bonds. The number of aromatic nitrogens is 2. The molecule has 0 spiro atoms. The van der Waals surface area contributed by atoms with Crippen LogP contribution in [-0.4, -0.2) is 39.3 Å². The molecule has 1 N–H and O–H groups in total. The Morgan fingerprint density at radius 1 is 1.00 bits per heavy atom. The van der Waals surface area contributed by atoms with Gasteiger partial charge in [-0.3, -0.25) is 19.3 Å². The number of methoxy groups -OCH3 is 1. The van der Waals surface area contributed by atoms with E-state index in [1.807, 2.05) is 42.1 Å². The van der Waals surface area contributed by atoms with Crippen molar-refractivity contribution in [1.29, 1.82) is 0 Å². The number of aryl methyl sites for hydroxylation is 1. The molecular weight excluding hydrogens is 476 g/mol. The molecule has 0 saturated heterocycles. The standard InChI is InChI=1S/C27H22N4O4S/c1-30-14-13-28-27(30)36-19-10-8-18(9-11-19)29-24(32)22-15-17(7-12-23(22)35-2)16-31-25(33)20-5-3-4-6-21(20)26(31)34/h3-15H,16H2,1-2H3,(H,29,32). The highest BCUT2D eigenvalue weighted by Crippen LogP contribution is 2.29. The van der Waals surface area contributed by atoms with Crippen LogP contribution in [0.3, 0.4) is 0 Å². The van der Waals surface area contributed by atoms with Gasteiger partial charge in [-0.2, -0.15) is 0 Å². The molecule has 0 fully saturated rings. The summed E-state index contributed by atoms with van der Waals surface area (Å²) in [5, 5.41) is 3.75. The maximum Gasteiger partial charge on any atom is 0.261 e. The van der Waals surface area contributed by atoms with Gasteiger partial charge in [-0.25, -0.2) is 4.98 Å².